The first-order chi connectivity index (χ1) is 32.7. The third-order valence-electron chi connectivity index (χ3n) is 13.5. The van der Waals surface area contributed by atoms with Crippen molar-refractivity contribution in [2.45, 2.75) is 5.41 Å². The molecular formula is C63H40N2S. The van der Waals surface area contributed by atoms with Crippen LogP contribution in [0.25, 0.3) is 98.2 Å². The van der Waals surface area contributed by atoms with Gasteiger partial charge in [-0.1, -0.05) is 194 Å². The van der Waals surface area contributed by atoms with E-state index in [-0.39, 0.29) is 0 Å². The first-order valence-electron chi connectivity index (χ1n) is 22.5. The first-order valence-corrected chi connectivity index (χ1v) is 23.4. The van der Waals surface area contributed by atoms with E-state index in [1.54, 1.807) is 0 Å². The molecule has 2 heterocycles. The van der Waals surface area contributed by atoms with Crippen molar-refractivity contribution in [1.29, 1.82) is 0 Å². The Balaban J connectivity index is 1.08. The number of hydrogen-bond donors (Lipinski definition) is 0. The third-order valence-corrected chi connectivity index (χ3v) is 14.7. The van der Waals surface area contributed by atoms with Crippen LogP contribution in [0.5, 0.6) is 0 Å². The second kappa shape index (κ2) is 15.5. The lowest BCUT2D eigenvalue weighted by atomic mass is 9.66. The van der Waals surface area contributed by atoms with Gasteiger partial charge in [0, 0.05) is 36.9 Å². The van der Waals surface area contributed by atoms with Gasteiger partial charge in [-0.2, -0.15) is 0 Å². The Labute approximate surface area is 387 Å². The van der Waals surface area contributed by atoms with E-state index < -0.39 is 5.41 Å². The van der Waals surface area contributed by atoms with E-state index in [0.29, 0.717) is 5.82 Å². The standard InChI is InChI=1S/C63H40N2S/c1-4-18-42(19-5-1)62-64-57(40-58(65-62)54-28-16-27-53-51-25-12-14-29-56(51)63(61(53)54,49-21-6-2-7-22-49)50-23-8-3-9-24-50)48-37-46(44-32-31-41-17-10-11-20-43(41)35-44)36-47(38-48)45-33-34-60-55(39-45)52-26-13-15-30-59(52)66-60/h1-40H. The van der Waals surface area contributed by atoms with Gasteiger partial charge < -0.3 is 0 Å². The van der Waals surface area contributed by atoms with Gasteiger partial charge in [-0.05, 0) is 115 Å². The molecule has 1 aliphatic rings. The fourth-order valence-corrected chi connectivity index (χ4v) is 11.6. The molecule has 0 saturated carbocycles. The fourth-order valence-electron chi connectivity index (χ4n) is 10.5. The van der Waals surface area contributed by atoms with Crippen LogP contribution < -0.4 is 0 Å². The summed E-state index contributed by atoms with van der Waals surface area (Å²) in [6, 6.07) is 88.4. The molecule has 0 aliphatic heterocycles. The van der Waals surface area contributed by atoms with E-state index in [1.165, 1.54) is 69.9 Å². The van der Waals surface area contributed by atoms with Crippen molar-refractivity contribution >= 4 is 42.3 Å². The molecule has 0 N–H and O–H groups in total. The van der Waals surface area contributed by atoms with E-state index in [9.17, 15) is 0 Å². The van der Waals surface area contributed by atoms with E-state index in [0.717, 1.165) is 44.8 Å². The summed E-state index contributed by atoms with van der Waals surface area (Å²) in [6.07, 6.45) is 0. The van der Waals surface area contributed by atoms with Crippen molar-refractivity contribution in [3.8, 4) is 67.3 Å². The summed E-state index contributed by atoms with van der Waals surface area (Å²) < 4.78 is 2.59. The van der Waals surface area contributed by atoms with Crippen LogP contribution in [-0.2, 0) is 5.41 Å². The van der Waals surface area contributed by atoms with Gasteiger partial charge >= 0.3 is 0 Å². The molecule has 0 atom stereocenters. The molecule has 0 amide bonds. The summed E-state index contributed by atoms with van der Waals surface area (Å²) >= 11 is 1.85. The third kappa shape index (κ3) is 6.16. The van der Waals surface area contributed by atoms with E-state index in [2.05, 4.69) is 243 Å². The molecule has 10 aromatic carbocycles. The molecule has 308 valence electrons. The minimum atomic E-state index is -0.600. The van der Waals surface area contributed by atoms with Gasteiger partial charge in [0.25, 0.3) is 0 Å². The molecule has 66 heavy (non-hydrogen) atoms. The lowest BCUT2D eigenvalue weighted by Gasteiger charge is -2.35. The molecule has 0 saturated heterocycles. The number of benzene rings is 10. The Morgan fingerprint density at radius 3 is 1.68 bits per heavy atom. The van der Waals surface area contributed by atoms with Crippen LogP contribution in [0.15, 0.2) is 243 Å². The lowest BCUT2D eigenvalue weighted by molar-refractivity contribution is 0.769. The van der Waals surface area contributed by atoms with Crippen LogP contribution in [-0.4, -0.2) is 9.97 Å². The average Bonchev–Trinajstić information content (AvgIpc) is 3.93. The number of nitrogens with zero attached hydrogens (tertiary/aromatic N) is 2. The van der Waals surface area contributed by atoms with Crippen molar-refractivity contribution < 1.29 is 0 Å². The molecule has 2 aromatic heterocycles. The van der Waals surface area contributed by atoms with Crippen LogP contribution in [0.1, 0.15) is 22.3 Å². The second-order valence-corrected chi connectivity index (χ2v) is 18.3. The van der Waals surface area contributed by atoms with E-state index in [4.69, 9.17) is 9.97 Å². The van der Waals surface area contributed by atoms with Crippen LogP contribution in [0.4, 0.5) is 0 Å². The van der Waals surface area contributed by atoms with Crippen LogP contribution in [0.3, 0.4) is 0 Å². The number of aromatic nitrogens is 2. The lowest BCUT2D eigenvalue weighted by Crippen LogP contribution is -2.29. The highest BCUT2D eigenvalue weighted by Crippen LogP contribution is 2.58. The number of fused-ring (bicyclic) bond motifs is 7. The highest BCUT2D eigenvalue weighted by Gasteiger charge is 2.47. The summed E-state index contributed by atoms with van der Waals surface area (Å²) in [4.78, 5) is 11.0. The Bertz CT molecular complexity index is 3780. The number of rotatable bonds is 7. The zero-order valence-corrected chi connectivity index (χ0v) is 36.7. The van der Waals surface area contributed by atoms with Crippen molar-refractivity contribution in [2.75, 3.05) is 0 Å². The molecule has 0 unspecified atom stereocenters. The van der Waals surface area contributed by atoms with Gasteiger partial charge in [0.05, 0.1) is 16.8 Å². The predicted octanol–water partition coefficient (Wildman–Crippen LogP) is 16.7. The van der Waals surface area contributed by atoms with Gasteiger partial charge in [0.15, 0.2) is 5.82 Å². The zero-order valence-electron chi connectivity index (χ0n) is 35.9. The second-order valence-electron chi connectivity index (χ2n) is 17.3. The van der Waals surface area contributed by atoms with Gasteiger partial charge in [0.1, 0.15) is 0 Å². The van der Waals surface area contributed by atoms with Crippen molar-refractivity contribution in [1.82, 2.24) is 9.97 Å². The molecule has 2 nitrogen and oxygen atoms in total. The largest absolute Gasteiger partial charge is 0.228 e. The maximum absolute atomic E-state index is 5.54. The Morgan fingerprint density at radius 2 is 0.894 bits per heavy atom. The molecule has 13 rings (SSSR count). The molecule has 0 fully saturated rings. The molecule has 12 aromatic rings. The molecule has 1 aliphatic carbocycles. The normalized spacial score (nSPS) is 12.7. The van der Waals surface area contributed by atoms with E-state index in [1.807, 2.05) is 11.3 Å². The fraction of sp³-hybridized carbons (Fsp3) is 0.0159. The highest BCUT2D eigenvalue weighted by atomic mass is 32.1. The highest BCUT2D eigenvalue weighted by molar-refractivity contribution is 7.25. The predicted molar refractivity (Wildman–Crippen MR) is 277 cm³/mol. The van der Waals surface area contributed by atoms with Crippen molar-refractivity contribution in [2.24, 2.45) is 0 Å². The average molecular weight is 857 g/mol. The zero-order chi connectivity index (χ0) is 43.6. The quantitative estimate of drug-likeness (QED) is 0.160. The minimum Gasteiger partial charge on any atom is -0.228 e. The van der Waals surface area contributed by atoms with E-state index >= 15 is 0 Å². The maximum atomic E-state index is 5.54. The summed E-state index contributed by atoms with van der Waals surface area (Å²) in [5.74, 6) is 0.685. The maximum Gasteiger partial charge on any atom is 0.160 e. The Morgan fingerprint density at radius 1 is 0.318 bits per heavy atom. The smallest absolute Gasteiger partial charge is 0.160 e. The molecule has 0 bridgehead atoms. The summed E-state index contributed by atoms with van der Waals surface area (Å²) in [5, 5.41) is 5.00. The summed E-state index contributed by atoms with van der Waals surface area (Å²) in [5.41, 5.74) is 16.2. The van der Waals surface area contributed by atoms with Crippen molar-refractivity contribution in [3.05, 3.63) is 265 Å². The molecule has 0 spiro atoms. The monoisotopic (exact) mass is 856 g/mol. The number of thiophene rings is 1. The molecular weight excluding hydrogens is 817 g/mol. The summed E-state index contributed by atoms with van der Waals surface area (Å²) in [7, 11) is 0. The Kier molecular flexibility index (Phi) is 8.97. The first kappa shape index (κ1) is 38.2. The number of hydrogen-bond acceptors (Lipinski definition) is 3. The minimum absolute atomic E-state index is 0.600. The van der Waals surface area contributed by atoms with Crippen molar-refractivity contribution in [3.63, 3.8) is 0 Å². The SMILES string of the molecule is c1ccc(-c2nc(-c3cc(-c4ccc5ccccc5c4)cc(-c4ccc5sc6ccccc6c5c4)c3)cc(-c3cccc4c3C(c3ccccc3)(c3ccccc3)c3ccccc3-4)n2)cc1. The Hall–Kier alpha value is -8.24. The molecule has 3 heteroatoms. The van der Waals surface area contributed by atoms with Gasteiger partial charge in [-0.3, -0.25) is 0 Å². The van der Waals surface area contributed by atoms with Gasteiger partial charge in [-0.15, -0.1) is 11.3 Å². The topological polar surface area (TPSA) is 25.8 Å². The van der Waals surface area contributed by atoms with Crippen LogP contribution in [0, 0.1) is 0 Å². The van der Waals surface area contributed by atoms with Gasteiger partial charge in [-0.25, -0.2) is 9.97 Å². The van der Waals surface area contributed by atoms with Crippen LogP contribution >= 0.6 is 11.3 Å². The molecule has 0 radical (unpaired) electrons. The van der Waals surface area contributed by atoms with Crippen LogP contribution in [0.2, 0.25) is 0 Å². The van der Waals surface area contributed by atoms with Gasteiger partial charge in [0.2, 0.25) is 0 Å². The summed E-state index contributed by atoms with van der Waals surface area (Å²) in [6.45, 7) is 0.